The quantitative estimate of drug-likeness (QED) is 0.579. The summed E-state index contributed by atoms with van der Waals surface area (Å²) in [5.74, 6) is -0.400. The zero-order chi connectivity index (χ0) is 17.6. The third kappa shape index (κ3) is 2.72. The Morgan fingerprint density at radius 3 is 2.88 bits per heavy atom. The first-order valence-electron chi connectivity index (χ1n) is 7.95. The highest BCUT2D eigenvalue weighted by Crippen LogP contribution is 2.46. The van der Waals surface area contributed by atoms with Crippen LogP contribution in [0, 0.1) is 5.82 Å². The second-order valence-corrected chi connectivity index (χ2v) is 8.17. The maximum absolute atomic E-state index is 13.6. The van der Waals surface area contributed by atoms with E-state index in [9.17, 15) is 4.39 Å². The van der Waals surface area contributed by atoms with E-state index in [0.29, 0.717) is 0 Å². The van der Waals surface area contributed by atoms with Crippen molar-refractivity contribution in [1.29, 1.82) is 0 Å². The molecule has 0 saturated carbocycles. The number of fused-ring (bicyclic) bond motifs is 3. The van der Waals surface area contributed by atoms with E-state index in [0.717, 1.165) is 27.7 Å². The highest BCUT2D eigenvalue weighted by molar-refractivity contribution is 8.14. The minimum atomic E-state index is -0.400. The third-order valence-electron chi connectivity index (χ3n) is 4.46. The van der Waals surface area contributed by atoms with Crippen molar-refractivity contribution in [2.45, 2.75) is 13.0 Å². The summed E-state index contributed by atoms with van der Waals surface area (Å²) in [5, 5.41) is 3.36. The molecule has 0 bridgehead atoms. The molecule has 2 heterocycles. The van der Waals surface area contributed by atoms with Gasteiger partial charge in [0.15, 0.2) is 0 Å². The number of rotatable bonds is 1. The molecule has 0 radical (unpaired) electrons. The molecule has 3 aromatic rings. The van der Waals surface area contributed by atoms with Gasteiger partial charge in [-0.3, -0.25) is 4.98 Å². The van der Waals surface area contributed by atoms with Crippen LogP contribution in [-0.2, 0) is 0 Å². The molecule has 4 rings (SSSR count). The van der Waals surface area contributed by atoms with Crippen molar-refractivity contribution in [2.75, 3.05) is 11.8 Å². The lowest BCUT2D eigenvalue weighted by atomic mass is 9.95. The first-order chi connectivity index (χ1) is 12.1. The molecule has 1 aliphatic heterocycles. The largest absolute Gasteiger partial charge is 0.321 e. The number of benzene rings is 2. The van der Waals surface area contributed by atoms with Gasteiger partial charge in [0, 0.05) is 17.1 Å². The van der Waals surface area contributed by atoms with Crippen LogP contribution >= 0.6 is 22.5 Å². The van der Waals surface area contributed by atoms with Gasteiger partial charge in [0.1, 0.15) is 5.82 Å². The van der Waals surface area contributed by atoms with Gasteiger partial charge < -0.3 is 4.72 Å². The van der Waals surface area contributed by atoms with Crippen molar-refractivity contribution in [2.24, 2.45) is 0 Å². The van der Waals surface area contributed by atoms with Crippen LogP contribution < -0.4 is 4.72 Å². The van der Waals surface area contributed by atoms with Gasteiger partial charge in [-0.15, -0.1) is 0 Å². The van der Waals surface area contributed by atoms with E-state index in [1.807, 2.05) is 13.0 Å². The fraction of sp³-hybridized carbons (Fsp3) is 0.158. The van der Waals surface area contributed by atoms with Gasteiger partial charge in [-0.05, 0) is 54.0 Å². The molecule has 2 atom stereocenters. The summed E-state index contributed by atoms with van der Waals surface area (Å²) in [5.41, 5.74) is 4.06. The Kier molecular flexibility index (Phi) is 4.23. The monoisotopic (exact) mass is 373 g/mol. The molecule has 128 valence electrons. The molecule has 2 unspecified atom stereocenters. The molecule has 0 amide bonds. The van der Waals surface area contributed by atoms with Gasteiger partial charge >= 0.3 is 0 Å². The molecule has 1 aliphatic rings. The van der Waals surface area contributed by atoms with Gasteiger partial charge in [-0.25, -0.2) is 8.70 Å². The predicted molar refractivity (Wildman–Crippen MR) is 106 cm³/mol. The van der Waals surface area contributed by atoms with Crippen molar-refractivity contribution in [3.05, 3.63) is 70.6 Å². The van der Waals surface area contributed by atoms with E-state index in [4.69, 9.17) is 11.6 Å². The highest BCUT2D eigenvalue weighted by atomic mass is 35.5. The van der Waals surface area contributed by atoms with Gasteiger partial charge in [-0.1, -0.05) is 35.9 Å². The molecule has 3 nitrogen and oxygen atoms in total. The SMILES string of the molecule is C/C=S1\Nc2c(ccc3cccnc23)C(c2ccc(F)c(Cl)c2)N1C. The van der Waals surface area contributed by atoms with Crippen LogP contribution in [0.4, 0.5) is 10.1 Å². The third-order valence-corrected chi connectivity index (χ3v) is 6.45. The number of halogens is 2. The average molecular weight is 374 g/mol. The Morgan fingerprint density at radius 2 is 2.12 bits per heavy atom. The van der Waals surface area contributed by atoms with Crippen LogP contribution in [0.25, 0.3) is 10.9 Å². The molecule has 6 heteroatoms. The summed E-state index contributed by atoms with van der Waals surface area (Å²) in [6, 6.07) is 13.1. The van der Waals surface area contributed by atoms with Crippen molar-refractivity contribution in [3.8, 4) is 0 Å². The molecular formula is C19H17ClFN3S. The van der Waals surface area contributed by atoms with E-state index in [2.05, 4.69) is 44.6 Å². The first kappa shape index (κ1) is 16.5. The zero-order valence-corrected chi connectivity index (χ0v) is 15.4. The topological polar surface area (TPSA) is 28.2 Å². The number of nitrogens with zero attached hydrogens (tertiary/aromatic N) is 2. The maximum atomic E-state index is 13.6. The summed E-state index contributed by atoms with van der Waals surface area (Å²) in [4.78, 5) is 4.57. The molecular weight excluding hydrogens is 357 g/mol. The maximum Gasteiger partial charge on any atom is 0.141 e. The van der Waals surface area contributed by atoms with Crippen LogP contribution in [0.2, 0.25) is 5.02 Å². The van der Waals surface area contributed by atoms with Crippen molar-refractivity contribution < 1.29 is 4.39 Å². The average Bonchev–Trinajstić information content (AvgIpc) is 2.63. The van der Waals surface area contributed by atoms with Crippen molar-refractivity contribution in [3.63, 3.8) is 0 Å². The Hall–Kier alpha value is -1.95. The van der Waals surface area contributed by atoms with E-state index in [1.165, 1.54) is 6.07 Å². The number of anilines is 1. The minimum absolute atomic E-state index is 0.0275. The lowest BCUT2D eigenvalue weighted by Crippen LogP contribution is -2.28. The van der Waals surface area contributed by atoms with Crippen LogP contribution in [0.5, 0.6) is 0 Å². The van der Waals surface area contributed by atoms with Gasteiger partial charge in [0.25, 0.3) is 0 Å². The summed E-state index contributed by atoms with van der Waals surface area (Å²) in [6.45, 7) is 2.03. The summed E-state index contributed by atoms with van der Waals surface area (Å²) >= 11 is 6.05. The molecule has 1 N–H and O–H groups in total. The fourth-order valence-electron chi connectivity index (χ4n) is 3.28. The standard InChI is InChI=1S/C19H17ClFN3S/c1-3-25-23-18-14(8-6-12-5-4-10-22-17(12)18)19(24(25)2)13-7-9-16(21)15(20)11-13/h3-11,19,23H,1-2H3. The number of pyridine rings is 1. The normalized spacial score (nSPS) is 20.5. The van der Waals surface area contributed by atoms with Crippen molar-refractivity contribution in [1.82, 2.24) is 9.29 Å². The number of aromatic nitrogens is 1. The Morgan fingerprint density at radius 1 is 1.28 bits per heavy atom. The van der Waals surface area contributed by atoms with Gasteiger partial charge in [0.2, 0.25) is 0 Å². The summed E-state index contributed by atoms with van der Waals surface area (Å²) in [7, 11) is 1.78. The summed E-state index contributed by atoms with van der Waals surface area (Å²) in [6.07, 6.45) is 1.81. The second-order valence-electron chi connectivity index (χ2n) is 5.88. The van der Waals surface area contributed by atoms with E-state index < -0.39 is 5.82 Å². The lowest BCUT2D eigenvalue weighted by Gasteiger charge is -2.38. The number of hydrogen-bond donors (Lipinski definition) is 1. The summed E-state index contributed by atoms with van der Waals surface area (Å²) < 4.78 is 19.5. The minimum Gasteiger partial charge on any atom is -0.321 e. The fourth-order valence-corrected chi connectivity index (χ4v) is 4.95. The molecule has 0 aliphatic carbocycles. The molecule has 0 spiro atoms. The highest BCUT2D eigenvalue weighted by Gasteiger charge is 2.30. The zero-order valence-electron chi connectivity index (χ0n) is 13.8. The Balaban J connectivity index is 1.98. The lowest BCUT2D eigenvalue weighted by molar-refractivity contribution is 0.477. The predicted octanol–water partition coefficient (Wildman–Crippen LogP) is 5.40. The van der Waals surface area contributed by atoms with Crippen molar-refractivity contribution >= 4 is 44.4 Å². The van der Waals surface area contributed by atoms with Crippen LogP contribution in [0.3, 0.4) is 0 Å². The van der Waals surface area contributed by atoms with E-state index in [1.54, 1.807) is 18.3 Å². The van der Waals surface area contributed by atoms with Crippen LogP contribution in [0.1, 0.15) is 24.1 Å². The molecule has 1 aromatic heterocycles. The molecule has 25 heavy (non-hydrogen) atoms. The van der Waals surface area contributed by atoms with Gasteiger partial charge in [0.05, 0.1) is 22.3 Å². The molecule has 2 aromatic carbocycles. The van der Waals surface area contributed by atoms with Gasteiger partial charge in [-0.2, -0.15) is 0 Å². The first-order valence-corrected chi connectivity index (χ1v) is 9.57. The van der Waals surface area contributed by atoms with E-state index >= 15 is 0 Å². The molecule has 0 saturated heterocycles. The number of nitrogens with one attached hydrogen (secondary N) is 1. The van der Waals surface area contributed by atoms with E-state index in [-0.39, 0.29) is 21.9 Å². The van der Waals surface area contributed by atoms with Crippen LogP contribution in [-0.4, -0.2) is 21.7 Å². The smallest absolute Gasteiger partial charge is 0.141 e. The Bertz CT molecular complexity index is 1010. The van der Waals surface area contributed by atoms with Crippen LogP contribution in [0.15, 0.2) is 48.7 Å². The number of hydrogen-bond acceptors (Lipinski definition) is 3. The second kappa shape index (κ2) is 6.41. The molecule has 0 fully saturated rings. The Labute approximate surface area is 153 Å².